The van der Waals surface area contributed by atoms with Gasteiger partial charge in [-0.1, -0.05) is 27.8 Å². The van der Waals surface area contributed by atoms with E-state index in [-0.39, 0.29) is 11.4 Å². The van der Waals surface area contributed by atoms with Crippen LogP contribution in [0.4, 0.5) is 11.4 Å². The molecule has 2 N–H and O–H groups in total. The number of rotatable bonds is 2. The summed E-state index contributed by atoms with van der Waals surface area (Å²) in [5.41, 5.74) is 7.04. The van der Waals surface area contributed by atoms with Gasteiger partial charge in [0, 0.05) is 23.4 Å². The van der Waals surface area contributed by atoms with Gasteiger partial charge in [0.05, 0.1) is 4.92 Å². The highest BCUT2D eigenvalue weighted by Crippen LogP contribution is 2.26. The Hall–Kier alpha value is -1.54. The van der Waals surface area contributed by atoms with E-state index in [9.17, 15) is 10.1 Å². The van der Waals surface area contributed by atoms with E-state index in [4.69, 9.17) is 5.73 Å². The van der Waals surface area contributed by atoms with Crippen molar-refractivity contribution >= 4 is 27.3 Å². The highest BCUT2D eigenvalue weighted by Gasteiger charge is 2.14. The number of halogens is 1. The first kappa shape index (κ1) is 12.5. The molecule has 0 aliphatic heterocycles. The zero-order valence-corrected chi connectivity index (χ0v) is 10.4. The van der Waals surface area contributed by atoms with Crippen LogP contribution in [0.3, 0.4) is 0 Å². The molecule has 1 aromatic rings. The van der Waals surface area contributed by atoms with E-state index in [1.807, 2.05) is 0 Å². The molecule has 0 aliphatic carbocycles. The predicted molar refractivity (Wildman–Crippen MR) is 67.5 cm³/mol. The molecule has 0 spiro atoms. The Morgan fingerprint density at radius 2 is 2.25 bits per heavy atom. The Morgan fingerprint density at radius 3 is 2.81 bits per heavy atom. The summed E-state index contributed by atoms with van der Waals surface area (Å²) < 4.78 is 0. The van der Waals surface area contributed by atoms with Crippen molar-refractivity contribution < 1.29 is 4.92 Å². The third kappa shape index (κ3) is 2.97. The van der Waals surface area contributed by atoms with Crippen LogP contribution in [0, 0.1) is 28.9 Å². The third-order valence-electron chi connectivity index (χ3n) is 2.01. The molecule has 4 nitrogen and oxygen atoms in total. The van der Waals surface area contributed by atoms with E-state index >= 15 is 0 Å². The first-order valence-corrected chi connectivity index (χ1v) is 5.77. The number of hydrogen-bond acceptors (Lipinski definition) is 3. The molecule has 0 saturated carbocycles. The zero-order valence-electron chi connectivity index (χ0n) is 8.79. The Morgan fingerprint density at radius 1 is 1.56 bits per heavy atom. The van der Waals surface area contributed by atoms with Crippen molar-refractivity contribution in [1.29, 1.82) is 0 Å². The largest absolute Gasteiger partial charge is 0.393 e. The number of nitrogens with zero attached hydrogens (tertiary/aromatic N) is 1. The van der Waals surface area contributed by atoms with Gasteiger partial charge in [-0.25, -0.2) is 0 Å². The summed E-state index contributed by atoms with van der Waals surface area (Å²) >= 11 is 3.26. The van der Waals surface area contributed by atoms with Crippen LogP contribution in [-0.2, 0) is 0 Å². The Balaban J connectivity index is 3.15. The summed E-state index contributed by atoms with van der Waals surface area (Å²) in [7, 11) is 0. The van der Waals surface area contributed by atoms with Gasteiger partial charge in [-0.05, 0) is 18.6 Å². The number of aryl methyl sites for hydroxylation is 1. The molecular formula is C11H11BrN2O2. The fourth-order valence-corrected chi connectivity index (χ4v) is 1.41. The van der Waals surface area contributed by atoms with Crippen molar-refractivity contribution in [3.8, 4) is 11.8 Å². The molecule has 16 heavy (non-hydrogen) atoms. The second-order valence-electron chi connectivity index (χ2n) is 3.22. The lowest BCUT2D eigenvalue weighted by Gasteiger charge is -2.01. The average molecular weight is 283 g/mol. The SMILES string of the molecule is Cc1cc(C#CCCBr)cc([N+](=O)[O-])c1N. The Labute approximate surface area is 102 Å². The van der Waals surface area contributed by atoms with Gasteiger partial charge in [0.25, 0.3) is 5.69 Å². The lowest BCUT2D eigenvalue weighted by atomic mass is 10.1. The quantitative estimate of drug-likeness (QED) is 0.298. The lowest BCUT2D eigenvalue weighted by molar-refractivity contribution is -0.383. The van der Waals surface area contributed by atoms with Crippen LogP contribution in [0.15, 0.2) is 12.1 Å². The second-order valence-corrected chi connectivity index (χ2v) is 4.02. The first-order chi connectivity index (χ1) is 7.56. The van der Waals surface area contributed by atoms with Gasteiger partial charge in [0.1, 0.15) is 5.69 Å². The molecule has 0 bridgehead atoms. The molecule has 0 aromatic heterocycles. The van der Waals surface area contributed by atoms with Crippen LogP contribution in [0.25, 0.3) is 0 Å². The smallest absolute Gasteiger partial charge is 0.293 e. The van der Waals surface area contributed by atoms with Crippen molar-refractivity contribution in [1.82, 2.24) is 0 Å². The molecule has 0 atom stereocenters. The maximum Gasteiger partial charge on any atom is 0.293 e. The van der Waals surface area contributed by atoms with Gasteiger partial charge >= 0.3 is 0 Å². The predicted octanol–water partition coefficient (Wildman–Crippen LogP) is 2.62. The van der Waals surface area contributed by atoms with E-state index in [1.165, 1.54) is 6.07 Å². The topological polar surface area (TPSA) is 69.2 Å². The Kier molecular flexibility index (Phi) is 4.32. The van der Waals surface area contributed by atoms with E-state index in [1.54, 1.807) is 13.0 Å². The minimum absolute atomic E-state index is 0.0804. The van der Waals surface area contributed by atoms with Crippen molar-refractivity contribution in [3.63, 3.8) is 0 Å². The molecule has 0 aliphatic rings. The van der Waals surface area contributed by atoms with Gasteiger partial charge in [-0.3, -0.25) is 10.1 Å². The van der Waals surface area contributed by atoms with E-state index in [0.717, 1.165) is 5.33 Å². The maximum absolute atomic E-state index is 10.7. The number of benzene rings is 1. The zero-order chi connectivity index (χ0) is 12.1. The summed E-state index contributed by atoms with van der Waals surface area (Å²) in [4.78, 5) is 10.2. The van der Waals surface area contributed by atoms with E-state index in [0.29, 0.717) is 17.5 Å². The summed E-state index contributed by atoms with van der Waals surface area (Å²) in [6.45, 7) is 1.73. The van der Waals surface area contributed by atoms with Crippen molar-refractivity contribution in [2.75, 3.05) is 11.1 Å². The standard InChI is InChI=1S/C11H11BrN2O2/c1-8-6-9(4-2-3-5-12)7-10(11(8)13)14(15)16/h6-7H,3,5,13H2,1H3. The first-order valence-electron chi connectivity index (χ1n) is 4.65. The minimum atomic E-state index is -0.488. The minimum Gasteiger partial charge on any atom is -0.393 e. The van der Waals surface area contributed by atoms with Crippen molar-refractivity contribution in [3.05, 3.63) is 33.4 Å². The maximum atomic E-state index is 10.7. The number of nitro benzene ring substituents is 1. The molecule has 0 amide bonds. The van der Waals surface area contributed by atoms with Crippen molar-refractivity contribution in [2.24, 2.45) is 0 Å². The van der Waals surface area contributed by atoms with Gasteiger partial charge < -0.3 is 5.73 Å². The Bertz CT molecular complexity index is 475. The van der Waals surface area contributed by atoms with E-state index < -0.39 is 4.92 Å². The third-order valence-corrected chi connectivity index (χ3v) is 2.41. The molecule has 0 radical (unpaired) electrons. The molecular weight excluding hydrogens is 272 g/mol. The van der Waals surface area contributed by atoms with Gasteiger partial charge in [0.15, 0.2) is 0 Å². The van der Waals surface area contributed by atoms with Gasteiger partial charge in [-0.2, -0.15) is 0 Å². The van der Waals surface area contributed by atoms with Gasteiger partial charge in [0.2, 0.25) is 0 Å². The summed E-state index contributed by atoms with van der Waals surface area (Å²) in [6, 6.07) is 3.16. The van der Waals surface area contributed by atoms with Crippen LogP contribution in [0.5, 0.6) is 0 Å². The normalized spacial score (nSPS) is 9.38. The molecule has 1 rings (SSSR count). The number of alkyl halides is 1. The monoisotopic (exact) mass is 282 g/mol. The number of nitrogen functional groups attached to an aromatic ring is 1. The average Bonchev–Trinajstić information content (AvgIpc) is 2.23. The molecule has 0 saturated heterocycles. The van der Waals surface area contributed by atoms with Crippen LogP contribution in [0.2, 0.25) is 0 Å². The summed E-state index contributed by atoms with van der Waals surface area (Å²) in [5.74, 6) is 5.77. The summed E-state index contributed by atoms with van der Waals surface area (Å²) in [5, 5.41) is 11.5. The fraction of sp³-hybridized carbons (Fsp3) is 0.273. The van der Waals surface area contributed by atoms with Crippen molar-refractivity contribution in [2.45, 2.75) is 13.3 Å². The van der Waals surface area contributed by atoms with Gasteiger partial charge in [-0.15, -0.1) is 0 Å². The summed E-state index contributed by atoms with van der Waals surface area (Å²) in [6.07, 6.45) is 0.706. The molecule has 84 valence electrons. The lowest BCUT2D eigenvalue weighted by Crippen LogP contribution is -1.98. The molecule has 0 fully saturated rings. The molecule has 1 aromatic carbocycles. The van der Waals surface area contributed by atoms with Crippen LogP contribution >= 0.6 is 15.9 Å². The van der Waals surface area contributed by atoms with Crippen LogP contribution < -0.4 is 5.73 Å². The van der Waals surface area contributed by atoms with Crippen LogP contribution in [-0.4, -0.2) is 10.3 Å². The molecule has 0 heterocycles. The van der Waals surface area contributed by atoms with Crippen LogP contribution in [0.1, 0.15) is 17.5 Å². The molecule has 5 heteroatoms. The van der Waals surface area contributed by atoms with E-state index in [2.05, 4.69) is 27.8 Å². The number of hydrogen-bond donors (Lipinski definition) is 1. The number of nitrogens with two attached hydrogens (primary N) is 1. The molecule has 0 unspecified atom stereocenters. The number of anilines is 1. The highest BCUT2D eigenvalue weighted by atomic mass is 79.9. The highest BCUT2D eigenvalue weighted by molar-refractivity contribution is 9.09. The second kappa shape index (κ2) is 5.52. The number of nitro groups is 1. The fourth-order valence-electron chi connectivity index (χ4n) is 1.21.